The Morgan fingerprint density at radius 2 is 2.17 bits per heavy atom. The Kier molecular flexibility index (Phi) is 5.91. The molecule has 3 amide bonds. The van der Waals surface area contributed by atoms with E-state index in [4.69, 9.17) is 5.73 Å². The van der Waals surface area contributed by atoms with Gasteiger partial charge in [0.2, 0.25) is 5.91 Å². The van der Waals surface area contributed by atoms with Gasteiger partial charge in [-0.2, -0.15) is 0 Å². The number of hydrogen-bond acceptors (Lipinski definition) is 3. The Balaban J connectivity index is 2.37. The molecule has 6 heteroatoms. The minimum atomic E-state index is -0.655. The molecule has 1 fully saturated rings. The van der Waals surface area contributed by atoms with Gasteiger partial charge >= 0.3 is 6.03 Å². The van der Waals surface area contributed by atoms with Crippen molar-refractivity contribution in [2.45, 2.75) is 20.3 Å². The molecule has 0 aromatic heterocycles. The van der Waals surface area contributed by atoms with Crippen LogP contribution in [-0.2, 0) is 4.79 Å². The highest BCUT2D eigenvalue weighted by Crippen LogP contribution is 2.16. The number of likely N-dealkylation sites (N-methyl/N-ethyl adjacent to an activating group) is 1. The lowest BCUT2D eigenvalue weighted by molar-refractivity contribution is -0.130. The van der Waals surface area contributed by atoms with Crippen LogP contribution in [0.25, 0.3) is 0 Å². The number of hydrogen-bond donors (Lipinski definition) is 2. The van der Waals surface area contributed by atoms with Gasteiger partial charge in [0, 0.05) is 19.6 Å². The van der Waals surface area contributed by atoms with Crippen molar-refractivity contribution < 1.29 is 9.59 Å². The van der Waals surface area contributed by atoms with Crippen molar-refractivity contribution >= 4 is 11.9 Å². The molecule has 0 bridgehead atoms. The molecule has 1 rings (SSSR count). The Morgan fingerprint density at radius 3 is 2.67 bits per heavy atom. The highest BCUT2D eigenvalue weighted by molar-refractivity contribution is 5.83. The van der Waals surface area contributed by atoms with Crippen molar-refractivity contribution in [1.29, 1.82) is 0 Å². The maximum atomic E-state index is 11.9. The third-order valence-electron chi connectivity index (χ3n) is 3.44. The minimum absolute atomic E-state index is 0.00656. The van der Waals surface area contributed by atoms with Crippen molar-refractivity contribution in [2.24, 2.45) is 11.7 Å². The lowest BCUT2D eigenvalue weighted by Gasteiger charge is -2.24. The summed E-state index contributed by atoms with van der Waals surface area (Å²) in [5.41, 5.74) is 4.95. The summed E-state index contributed by atoms with van der Waals surface area (Å²) in [6, 6.07) is -0.655. The lowest BCUT2D eigenvalue weighted by atomic mass is 10.1. The molecule has 1 heterocycles. The fraction of sp³-hybridized carbons (Fsp3) is 0.833. The van der Waals surface area contributed by atoms with Gasteiger partial charge in [-0.05, 0) is 32.4 Å². The van der Waals surface area contributed by atoms with Crippen molar-refractivity contribution in [3.05, 3.63) is 0 Å². The van der Waals surface area contributed by atoms with Crippen LogP contribution in [0.15, 0.2) is 0 Å². The van der Waals surface area contributed by atoms with Crippen LogP contribution in [0.1, 0.15) is 20.3 Å². The van der Waals surface area contributed by atoms with Gasteiger partial charge in [0.1, 0.15) is 0 Å². The maximum Gasteiger partial charge on any atom is 0.312 e. The van der Waals surface area contributed by atoms with E-state index in [1.54, 1.807) is 4.90 Å². The number of likely N-dealkylation sites (tertiary alicyclic amines) is 1. The molecular formula is C12H24N4O2. The quantitative estimate of drug-likeness (QED) is 0.693. The highest BCUT2D eigenvalue weighted by Gasteiger charge is 2.24. The van der Waals surface area contributed by atoms with Crippen molar-refractivity contribution in [2.75, 3.05) is 39.3 Å². The molecule has 1 atom stereocenters. The van der Waals surface area contributed by atoms with E-state index in [0.717, 1.165) is 32.6 Å². The van der Waals surface area contributed by atoms with Gasteiger partial charge in [0.25, 0.3) is 0 Å². The number of amides is 3. The Morgan fingerprint density at radius 1 is 1.44 bits per heavy atom. The molecule has 3 N–H and O–H groups in total. The molecule has 1 saturated heterocycles. The van der Waals surface area contributed by atoms with Crippen LogP contribution in [0.3, 0.4) is 0 Å². The highest BCUT2D eigenvalue weighted by atomic mass is 16.2. The summed E-state index contributed by atoms with van der Waals surface area (Å²) in [5, 5.41) is 2.34. The van der Waals surface area contributed by atoms with Crippen molar-refractivity contribution in [3.63, 3.8) is 0 Å². The van der Waals surface area contributed by atoms with Crippen LogP contribution in [0.2, 0.25) is 0 Å². The summed E-state index contributed by atoms with van der Waals surface area (Å²) in [6.45, 7) is 8.79. The van der Waals surface area contributed by atoms with Crippen molar-refractivity contribution in [3.8, 4) is 0 Å². The Labute approximate surface area is 108 Å². The van der Waals surface area contributed by atoms with Gasteiger partial charge in [0.05, 0.1) is 6.54 Å². The zero-order chi connectivity index (χ0) is 13.5. The van der Waals surface area contributed by atoms with E-state index in [2.05, 4.69) is 17.1 Å². The number of nitrogens with one attached hydrogen (secondary N) is 1. The lowest BCUT2D eigenvalue weighted by Crippen LogP contribution is -2.43. The molecule has 6 nitrogen and oxygen atoms in total. The largest absolute Gasteiger partial charge is 0.352 e. The van der Waals surface area contributed by atoms with Gasteiger partial charge in [-0.1, -0.05) is 6.92 Å². The first kappa shape index (κ1) is 14.8. The molecule has 1 aliphatic heterocycles. The van der Waals surface area contributed by atoms with E-state index in [1.165, 1.54) is 0 Å². The molecule has 104 valence electrons. The summed E-state index contributed by atoms with van der Waals surface area (Å²) in [5.74, 6) is 0.480. The van der Waals surface area contributed by atoms with Gasteiger partial charge in [-0.25, -0.2) is 4.79 Å². The second-order valence-electron chi connectivity index (χ2n) is 4.70. The SMILES string of the molecule is CCN1CCC(CN(CC)C(=O)CNC(N)=O)C1. The number of urea groups is 1. The molecule has 0 aliphatic carbocycles. The maximum absolute atomic E-state index is 11.9. The molecule has 1 unspecified atom stereocenters. The number of primary amides is 1. The first-order valence-electron chi connectivity index (χ1n) is 6.60. The van der Waals surface area contributed by atoms with E-state index in [-0.39, 0.29) is 12.5 Å². The second kappa shape index (κ2) is 7.20. The minimum Gasteiger partial charge on any atom is -0.352 e. The van der Waals surface area contributed by atoms with Crippen LogP contribution in [0.5, 0.6) is 0 Å². The van der Waals surface area contributed by atoms with E-state index in [9.17, 15) is 9.59 Å². The summed E-state index contributed by atoms with van der Waals surface area (Å²) in [6.07, 6.45) is 1.14. The third-order valence-corrected chi connectivity index (χ3v) is 3.44. The van der Waals surface area contributed by atoms with E-state index < -0.39 is 6.03 Å². The number of carbonyl (C=O) groups excluding carboxylic acids is 2. The number of nitrogens with zero attached hydrogens (tertiary/aromatic N) is 2. The Hall–Kier alpha value is -1.30. The van der Waals surface area contributed by atoms with Crippen LogP contribution < -0.4 is 11.1 Å². The summed E-state index contributed by atoms with van der Waals surface area (Å²) in [4.78, 5) is 26.6. The molecular weight excluding hydrogens is 232 g/mol. The van der Waals surface area contributed by atoms with Crippen LogP contribution in [0, 0.1) is 5.92 Å². The third kappa shape index (κ3) is 4.52. The van der Waals surface area contributed by atoms with Crippen LogP contribution in [-0.4, -0.2) is 61.0 Å². The second-order valence-corrected chi connectivity index (χ2v) is 4.70. The number of rotatable bonds is 6. The molecule has 0 aromatic rings. The standard InChI is InChI=1S/C12H24N4O2/c1-3-15-6-5-10(8-15)9-16(4-2)11(17)7-14-12(13)18/h10H,3-9H2,1-2H3,(H3,13,14,18). The molecule has 0 spiro atoms. The number of carbonyl (C=O) groups is 2. The summed E-state index contributed by atoms with van der Waals surface area (Å²) >= 11 is 0. The first-order chi connectivity index (χ1) is 8.56. The molecule has 0 radical (unpaired) electrons. The van der Waals surface area contributed by atoms with Crippen LogP contribution >= 0.6 is 0 Å². The molecule has 0 saturated carbocycles. The predicted octanol–water partition coefficient (Wildman–Crippen LogP) is -0.155. The van der Waals surface area contributed by atoms with Crippen molar-refractivity contribution in [1.82, 2.24) is 15.1 Å². The Bertz CT molecular complexity index is 296. The topological polar surface area (TPSA) is 78.7 Å². The smallest absolute Gasteiger partial charge is 0.312 e. The van der Waals surface area contributed by atoms with Gasteiger partial charge < -0.3 is 20.9 Å². The van der Waals surface area contributed by atoms with E-state index in [0.29, 0.717) is 12.5 Å². The summed E-state index contributed by atoms with van der Waals surface area (Å²) in [7, 11) is 0. The summed E-state index contributed by atoms with van der Waals surface area (Å²) < 4.78 is 0. The monoisotopic (exact) mass is 256 g/mol. The normalized spacial score (nSPS) is 19.8. The van der Waals surface area contributed by atoms with Gasteiger partial charge in [0.15, 0.2) is 0 Å². The zero-order valence-electron chi connectivity index (χ0n) is 11.3. The predicted molar refractivity (Wildman–Crippen MR) is 70.1 cm³/mol. The van der Waals surface area contributed by atoms with E-state index in [1.807, 2.05) is 6.92 Å². The van der Waals surface area contributed by atoms with Gasteiger partial charge in [-0.15, -0.1) is 0 Å². The molecule has 1 aliphatic rings. The average Bonchev–Trinajstić information content (AvgIpc) is 2.80. The fourth-order valence-corrected chi connectivity index (χ4v) is 2.34. The number of nitrogens with two attached hydrogens (primary N) is 1. The fourth-order valence-electron chi connectivity index (χ4n) is 2.34. The van der Waals surface area contributed by atoms with Gasteiger partial charge in [-0.3, -0.25) is 4.79 Å². The van der Waals surface area contributed by atoms with E-state index >= 15 is 0 Å². The first-order valence-corrected chi connectivity index (χ1v) is 6.60. The zero-order valence-corrected chi connectivity index (χ0v) is 11.3. The average molecular weight is 256 g/mol. The molecule has 18 heavy (non-hydrogen) atoms. The molecule has 0 aromatic carbocycles. The van der Waals surface area contributed by atoms with Crippen LogP contribution in [0.4, 0.5) is 4.79 Å².